The van der Waals surface area contributed by atoms with E-state index in [0.717, 1.165) is 25.0 Å². The summed E-state index contributed by atoms with van der Waals surface area (Å²) in [5, 5.41) is 2.88. The Morgan fingerprint density at radius 1 is 1.33 bits per heavy atom. The van der Waals surface area contributed by atoms with E-state index in [2.05, 4.69) is 9.71 Å². The van der Waals surface area contributed by atoms with E-state index in [9.17, 15) is 9.35 Å². The van der Waals surface area contributed by atoms with E-state index in [1.165, 1.54) is 0 Å². The average Bonchev–Trinajstić information content (AvgIpc) is 2.25. The second kappa shape index (κ2) is 7.01. The SMILES string of the molecule is CC(C)(C)OC(=O)NC1CCC/C(=N\[S+]([O-])C(C)(C)C)C1. The maximum atomic E-state index is 12.1. The smallest absolute Gasteiger partial charge is 0.407 e. The van der Waals surface area contributed by atoms with Crippen LogP contribution in [-0.2, 0) is 16.1 Å². The van der Waals surface area contributed by atoms with Gasteiger partial charge in [-0.25, -0.2) is 4.79 Å². The van der Waals surface area contributed by atoms with Crippen LogP contribution in [0.25, 0.3) is 0 Å². The lowest BCUT2D eigenvalue weighted by atomic mass is 9.94. The third kappa shape index (κ3) is 7.18. The second-order valence-corrected chi connectivity index (χ2v) is 9.36. The van der Waals surface area contributed by atoms with E-state index in [1.54, 1.807) is 0 Å². The number of amides is 1. The van der Waals surface area contributed by atoms with Crippen molar-refractivity contribution >= 4 is 23.2 Å². The van der Waals surface area contributed by atoms with Gasteiger partial charge >= 0.3 is 6.09 Å². The van der Waals surface area contributed by atoms with Gasteiger partial charge in [0.15, 0.2) is 0 Å². The maximum Gasteiger partial charge on any atom is 0.407 e. The number of hydrogen-bond donors (Lipinski definition) is 1. The largest absolute Gasteiger partial charge is 0.591 e. The molecule has 122 valence electrons. The zero-order chi connectivity index (χ0) is 16.3. The second-order valence-electron chi connectivity index (χ2n) is 7.46. The summed E-state index contributed by atoms with van der Waals surface area (Å²) in [6.07, 6.45) is 2.96. The summed E-state index contributed by atoms with van der Waals surface area (Å²) in [5.74, 6) is 0. The summed E-state index contributed by atoms with van der Waals surface area (Å²) in [4.78, 5) is 11.8. The molecule has 1 aliphatic rings. The molecule has 0 saturated heterocycles. The van der Waals surface area contributed by atoms with Crippen LogP contribution < -0.4 is 5.32 Å². The molecule has 1 amide bonds. The number of carbonyl (C=O) groups excluding carboxylic acids is 1. The zero-order valence-electron chi connectivity index (χ0n) is 14.0. The molecule has 1 aliphatic carbocycles. The van der Waals surface area contributed by atoms with E-state index in [1.807, 2.05) is 41.5 Å². The van der Waals surface area contributed by atoms with Crippen LogP contribution in [0.4, 0.5) is 4.79 Å². The standard InChI is InChI=1S/C15H28N2O3S/c1-14(2,3)20-13(18)16-11-8-7-9-12(10-11)17-21(19)15(4,5)6/h11H,7-10H2,1-6H3,(H,16,18)/b17-12+. The molecule has 1 N–H and O–H groups in total. The molecule has 2 atom stereocenters. The third-order valence-corrected chi connectivity index (χ3v) is 4.43. The quantitative estimate of drug-likeness (QED) is 0.794. The molecule has 0 aromatic heterocycles. The first-order chi connectivity index (χ1) is 9.47. The van der Waals surface area contributed by atoms with Gasteiger partial charge in [-0.2, -0.15) is 0 Å². The lowest BCUT2D eigenvalue weighted by Gasteiger charge is -2.27. The first-order valence-corrected chi connectivity index (χ1v) is 8.56. The van der Waals surface area contributed by atoms with Crippen molar-refractivity contribution in [2.75, 3.05) is 0 Å². The van der Waals surface area contributed by atoms with Crippen LogP contribution in [0.5, 0.6) is 0 Å². The summed E-state index contributed by atoms with van der Waals surface area (Å²) in [7, 11) is 0. The van der Waals surface area contributed by atoms with E-state index in [0.29, 0.717) is 6.42 Å². The van der Waals surface area contributed by atoms with Crippen molar-refractivity contribution in [3.8, 4) is 0 Å². The lowest BCUT2D eigenvalue weighted by molar-refractivity contribution is 0.0501. The zero-order valence-corrected chi connectivity index (χ0v) is 14.8. The van der Waals surface area contributed by atoms with Crippen LogP contribution in [0.1, 0.15) is 67.2 Å². The van der Waals surface area contributed by atoms with Crippen LogP contribution in [0.3, 0.4) is 0 Å². The number of nitrogens with one attached hydrogen (secondary N) is 1. The molecule has 0 aromatic carbocycles. The molecule has 0 heterocycles. The van der Waals surface area contributed by atoms with Crippen LogP contribution in [0, 0.1) is 0 Å². The number of carbonyl (C=O) groups is 1. The van der Waals surface area contributed by atoms with Gasteiger partial charge in [0.2, 0.25) is 0 Å². The minimum absolute atomic E-state index is 0.0179. The van der Waals surface area contributed by atoms with Gasteiger partial charge in [-0.3, -0.25) is 0 Å². The Hall–Kier alpha value is -0.750. The normalized spacial score (nSPS) is 23.8. The van der Waals surface area contributed by atoms with Crippen molar-refractivity contribution in [3.63, 3.8) is 0 Å². The molecule has 0 aromatic rings. The Morgan fingerprint density at radius 2 is 1.95 bits per heavy atom. The predicted octanol–water partition coefficient (Wildman–Crippen LogP) is 3.36. The Morgan fingerprint density at radius 3 is 2.48 bits per heavy atom. The molecule has 0 spiro atoms. The van der Waals surface area contributed by atoms with Crippen LogP contribution in [0.15, 0.2) is 4.40 Å². The number of ether oxygens (including phenoxy) is 1. The average molecular weight is 316 g/mol. The molecule has 0 bridgehead atoms. The van der Waals surface area contributed by atoms with Crippen LogP contribution in [-0.4, -0.2) is 32.7 Å². The molecule has 6 heteroatoms. The monoisotopic (exact) mass is 316 g/mol. The predicted molar refractivity (Wildman–Crippen MR) is 87.0 cm³/mol. The van der Waals surface area contributed by atoms with Crippen molar-refractivity contribution < 1.29 is 14.1 Å². The molecule has 5 nitrogen and oxygen atoms in total. The lowest BCUT2D eigenvalue weighted by Crippen LogP contribution is -2.42. The van der Waals surface area contributed by atoms with Crippen LogP contribution >= 0.6 is 0 Å². The molecule has 2 unspecified atom stereocenters. The molecule has 21 heavy (non-hydrogen) atoms. The molecule has 0 aliphatic heterocycles. The first-order valence-electron chi connectivity index (χ1n) is 7.45. The third-order valence-electron chi connectivity index (χ3n) is 2.96. The highest BCUT2D eigenvalue weighted by Gasteiger charge is 2.29. The number of rotatable bonds is 2. The summed E-state index contributed by atoms with van der Waals surface area (Å²) in [5.41, 5.74) is 0.430. The first kappa shape index (κ1) is 18.3. The van der Waals surface area contributed by atoms with Gasteiger partial charge in [0.25, 0.3) is 0 Å². The highest BCUT2D eigenvalue weighted by atomic mass is 32.2. The Balaban J connectivity index is 2.57. The maximum absolute atomic E-state index is 12.1. The van der Waals surface area contributed by atoms with Crippen molar-refractivity contribution in [2.24, 2.45) is 4.40 Å². The molecular weight excluding hydrogens is 288 g/mol. The van der Waals surface area contributed by atoms with Gasteiger partial charge in [0.1, 0.15) is 21.7 Å². The minimum atomic E-state index is -1.23. The van der Waals surface area contributed by atoms with Crippen molar-refractivity contribution in [3.05, 3.63) is 0 Å². The molecule has 1 saturated carbocycles. The number of alkyl carbamates (subject to hydrolysis) is 1. The molecule has 0 radical (unpaired) electrons. The topological polar surface area (TPSA) is 73.8 Å². The van der Waals surface area contributed by atoms with Gasteiger partial charge in [0, 0.05) is 12.5 Å². The van der Waals surface area contributed by atoms with Gasteiger partial charge in [-0.05, 0) is 60.8 Å². The highest BCUT2D eigenvalue weighted by Crippen LogP contribution is 2.22. The summed E-state index contributed by atoms with van der Waals surface area (Å²) < 4.78 is 21.3. The fourth-order valence-electron chi connectivity index (χ4n) is 1.98. The molecule has 1 fully saturated rings. The molecule has 1 rings (SSSR count). The van der Waals surface area contributed by atoms with Gasteiger partial charge < -0.3 is 14.6 Å². The summed E-state index contributed by atoms with van der Waals surface area (Å²) >= 11 is -1.23. The van der Waals surface area contributed by atoms with E-state index < -0.39 is 23.1 Å². The van der Waals surface area contributed by atoms with E-state index in [4.69, 9.17) is 4.74 Å². The highest BCUT2D eigenvalue weighted by molar-refractivity contribution is 7.91. The van der Waals surface area contributed by atoms with Gasteiger partial charge in [-0.1, -0.05) is 4.40 Å². The summed E-state index contributed by atoms with van der Waals surface area (Å²) in [6, 6.07) is 0.0179. The van der Waals surface area contributed by atoms with E-state index in [-0.39, 0.29) is 10.8 Å². The summed E-state index contributed by atoms with van der Waals surface area (Å²) in [6.45, 7) is 11.2. The van der Waals surface area contributed by atoms with Gasteiger partial charge in [0.05, 0.1) is 5.71 Å². The number of nitrogens with zero attached hydrogens (tertiary/aromatic N) is 1. The Kier molecular flexibility index (Phi) is 6.11. The van der Waals surface area contributed by atoms with Crippen molar-refractivity contribution in [2.45, 2.75) is 83.6 Å². The minimum Gasteiger partial charge on any atom is -0.591 e. The van der Waals surface area contributed by atoms with Crippen molar-refractivity contribution in [1.29, 1.82) is 0 Å². The van der Waals surface area contributed by atoms with Crippen LogP contribution in [0.2, 0.25) is 0 Å². The fraction of sp³-hybridized carbons (Fsp3) is 0.867. The van der Waals surface area contributed by atoms with Crippen molar-refractivity contribution in [1.82, 2.24) is 5.32 Å². The number of hydrogen-bond acceptors (Lipinski definition) is 4. The van der Waals surface area contributed by atoms with Gasteiger partial charge in [-0.15, -0.1) is 0 Å². The molecular formula is C15H28N2O3S. The Bertz CT molecular complexity index is 397. The van der Waals surface area contributed by atoms with E-state index >= 15 is 0 Å². The Labute approximate surface area is 131 Å². The fourth-order valence-corrected chi connectivity index (χ4v) is 2.65.